The van der Waals surface area contributed by atoms with Crippen molar-refractivity contribution >= 4 is 5.91 Å². The lowest BCUT2D eigenvalue weighted by Gasteiger charge is -2.14. The highest BCUT2D eigenvalue weighted by molar-refractivity contribution is 5.76. The van der Waals surface area contributed by atoms with Crippen LogP contribution in [0.25, 0.3) is 11.4 Å². The van der Waals surface area contributed by atoms with Gasteiger partial charge in [0.2, 0.25) is 17.6 Å². The molecule has 3 rings (SSSR count). The minimum Gasteiger partial charge on any atom is -0.497 e. The number of nitrogens with zero attached hydrogens (tertiary/aromatic N) is 2. The minimum absolute atomic E-state index is 0.0864. The van der Waals surface area contributed by atoms with Gasteiger partial charge in [-0.1, -0.05) is 5.16 Å². The number of ether oxygens (including phenoxy) is 4. The van der Waals surface area contributed by atoms with Crippen LogP contribution in [-0.4, -0.2) is 44.5 Å². The Hall–Kier alpha value is -3.75. The van der Waals surface area contributed by atoms with E-state index in [9.17, 15) is 4.79 Å². The second-order valence-corrected chi connectivity index (χ2v) is 6.89. The fraction of sp³-hybridized carbons (Fsp3) is 0.348. The number of aryl methyl sites for hydroxylation is 1. The highest BCUT2D eigenvalue weighted by Crippen LogP contribution is 2.34. The smallest absolute Gasteiger partial charge is 0.226 e. The number of carbonyl (C=O) groups is 1. The van der Waals surface area contributed by atoms with E-state index >= 15 is 0 Å². The molecule has 0 radical (unpaired) electrons. The van der Waals surface area contributed by atoms with Crippen LogP contribution in [0.2, 0.25) is 0 Å². The van der Waals surface area contributed by atoms with Gasteiger partial charge in [-0.05, 0) is 36.8 Å². The van der Waals surface area contributed by atoms with E-state index in [1.54, 1.807) is 40.6 Å². The van der Waals surface area contributed by atoms with Gasteiger partial charge in [0, 0.05) is 36.6 Å². The molecule has 1 heterocycles. The summed E-state index contributed by atoms with van der Waals surface area (Å²) in [4.78, 5) is 16.7. The Bertz CT molecular complexity index is 1030. The fourth-order valence-electron chi connectivity index (χ4n) is 3.13. The second-order valence-electron chi connectivity index (χ2n) is 6.89. The molecule has 3 aromatic rings. The molecule has 32 heavy (non-hydrogen) atoms. The quantitative estimate of drug-likeness (QED) is 0.483. The molecule has 0 spiro atoms. The van der Waals surface area contributed by atoms with Gasteiger partial charge < -0.3 is 28.8 Å². The van der Waals surface area contributed by atoms with E-state index in [1.165, 1.54) is 0 Å². The Labute approximate surface area is 186 Å². The number of amides is 1. The normalized spacial score (nSPS) is 10.5. The SMILES string of the molecule is COc1ccc(-c2noc(CCCC(=O)NCc3cc(OC)c(OC)cc3OC)n2)cc1. The lowest BCUT2D eigenvalue weighted by Crippen LogP contribution is -2.22. The van der Waals surface area contributed by atoms with E-state index in [4.69, 9.17) is 23.5 Å². The maximum Gasteiger partial charge on any atom is 0.226 e. The van der Waals surface area contributed by atoms with Gasteiger partial charge in [-0.15, -0.1) is 0 Å². The monoisotopic (exact) mass is 441 g/mol. The molecular weight excluding hydrogens is 414 g/mol. The molecule has 0 atom stereocenters. The largest absolute Gasteiger partial charge is 0.497 e. The summed E-state index contributed by atoms with van der Waals surface area (Å²) in [7, 11) is 6.30. The number of aromatic nitrogens is 2. The van der Waals surface area contributed by atoms with Gasteiger partial charge in [-0.2, -0.15) is 4.98 Å². The summed E-state index contributed by atoms with van der Waals surface area (Å²) in [6.45, 7) is 0.310. The van der Waals surface area contributed by atoms with Gasteiger partial charge in [0.1, 0.15) is 11.5 Å². The molecule has 2 aromatic carbocycles. The molecular formula is C23H27N3O6. The van der Waals surface area contributed by atoms with E-state index in [1.807, 2.05) is 24.3 Å². The first-order chi connectivity index (χ1) is 15.6. The molecule has 0 fully saturated rings. The summed E-state index contributed by atoms with van der Waals surface area (Å²) in [5.74, 6) is 3.42. The van der Waals surface area contributed by atoms with E-state index in [-0.39, 0.29) is 5.91 Å². The van der Waals surface area contributed by atoms with Crippen molar-refractivity contribution in [3.8, 4) is 34.4 Å². The molecule has 0 aliphatic heterocycles. The van der Waals surface area contributed by atoms with Crippen LogP contribution in [0.1, 0.15) is 24.3 Å². The maximum absolute atomic E-state index is 12.3. The number of nitrogens with one attached hydrogen (secondary N) is 1. The first-order valence-corrected chi connectivity index (χ1v) is 10.1. The highest BCUT2D eigenvalue weighted by Gasteiger charge is 2.13. The topological polar surface area (TPSA) is 105 Å². The van der Waals surface area contributed by atoms with Gasteiger partial charge in [0.05, 0.1) is 28.4 Å². The summed E-state index contributed by atoms with van der Waals surface area (Å²) in [5, 5.41) is 6.90. The van der Waals surface area contributed by atoms with Crippen LogP contribution >= 0.6 is 0 Å². The van der Waals surface area contributed by atoms with Crippen LogP contribution in [0.15, 0.2) is 40.9 Å². The average Bonchev–Trinajstić information content (AvgIpc) is 3.31. The van der Waals surface area contributed by atoms with E-state index in [0.29, 0.717) is 54.8 Å². The predicted molar refractivity (Wildman–Crippen MR) is 117 cm³/mol. The third-order valence-corrected chi connectivity index (χ3v) is 4.87. The standard InChI is InChI=1S/C23H27N3O6/c1-28-17-10-8-15(9-11-17)23-25-22(32-26-23)7-5-6-21(27)24-14-16-12-19(30-3)20(31-4)13-18(16)29-2/h8-13H,5-7,14H2,1-4H3,(H,24,27). The number of carbonyl (C=O) groups excluding carboxylic acids is 1. The van der Waals surface area contributed by atoms with Crippen LogP contribution in [0.3, 0.4) is 0 Å². The zero-order valence-corrected chi connectivity index (χ0v) is 18.6. The third-order valence-electron chi connectivity index (χ3n) is 4.87. The molecule has 1 aromatic heterocycles. The van der Waals surface area contributed by atoms with Gasteiger partial charge in [-0.3, -0.25) is 4.79 Å². The number of benzene rings is 2. The average molecular weight is 441 g/mol. The molecule has 0 aliphatic rings. The zero-order chi connectivity index (χ0) is 22.9. The van der Waals surface area contributed by atoms with Gasteiger partial charge in [-0.25, -0.2) is 0 Å². The molecule has 1 N–H and O–H groups in total. The van der Waals surface area contributed by atoms with Crippen LogP contribution in [0, 0.1) is 0 Å². The fourth-order valence-corrected chi connectivity index (χ4v) is 3.13. The number of rotatable bonds is 11. The molecule has 9 nitrogen and oxygen atoms in total. The van der Waals surface area contributed by atoms with Crippen molar-refractivity contribution in [3.63, 3.8) is 0 Å². The molecule has 0 saturated carbocycles. The molecule has 0 unspecified atom stereocenters. The van der Waals surface area contributed by atoms with Gasteiger partial charge >= 0.3 is 0 Å². The molecule has 1 amide bonds. The summed E-state index contributed by atoms with van der Waals surface area (Å²) < 4.78 is 26.4. The van der Waals surface area contributed by atoms with Crippen LogP contribution < -0.4 is 24.3 Å². The molecule has 0 bridgehead atoms. The predicted octanol–water partition coefficient (Wildman–Crippen LogP) is 3.41. The van der Waals surface area contributed by atoms with Crippen molar-refractivity contribution in [1.82, 2.24) is 15.5 Å². The first-order valence-electron chi connectivity index (χ1n) is 10.1. The Kier molecular flexibility index (Phi) is 7.91. The zero-order valence-electron chi connectivity index (χ0n) is 18.6. The summed E-state index contributed by atoms with van der Waals surface area (Å²) in [6, 6.07) is 10.9. The third kappa shape index (κ3) is 5.69. The highest BCUT2D eigenvalue weighted by atomic mass is 16.5. The van der Waals surface area contributed by atoms with Crippen molar-refractivity contribution in [2.24, 2.45) is 0 Å². The van der Waals surface area contributed by atoms with Gasteiger partial charge in [0.25, 0.3) is 0 Å². The van der Waals surface area contributed by atoms with Crippen molar-refractivity contribution in [3.05, 3.63) is 47.9 Å². The van der Waals surface area contributed by atoms with E-state index in [0.717, 1.165) is 16.9 Å². The Balaban J connectivity index is 1.49. The first kappa shape index (κ1) is 22.9. The van der Waals surface area contributed by atoms with Crippen molar-refractivity contribution in [2.45, 2.75) is 25.8 Å². The molecule has 0 saturated heterocycles. The number of hydrogen-bond acceptors (Lipinski definition) is 8. The minimum atomic E-state index is -0.0864. The van der Waals surface area contributed by atoms with Crippen LogP contribution in [-0.2, 0) is 17.8 Å². The maximum atomic E-state index is 12.3. The van der Waals surface area contributed by atoms with Gasteiger partial charge in [0.15, 0.2) is 11.5 Å². The van der Waals surface area contributed by atoms with Crippen LogP contribution in [0.4, 0.5) is 0 Å². The summed E-state index contributed by atoms with van der Waals surface area (Å²) in [5.41, 5.74) is 1.63. The lowest BCUT2D eigenvalue weighted by molar-refractivity contribution is -0.121. The Morgan fingerprint density at radius 2 is 1.62 bits per heavy atom. The number of hydrogen-bond donors (Lipinski definition) is 1. The summed E-state index contributed by atoms with van der Waals surface area (Å²) >= 11 is 0. The Morgan fingerprint density at radius 3 is 2.28 bits per heavy atom. The van der Waals surface area contributed by atoms with E-state index in [2.05, 4.69) is 15.5 Å². The second kappa shape index (κ2) is 11.0. The van der Waals surface area contributed by atoms with E-state index < -0.39 is 0 Å². The molecule has 0 aliphatic carbocycles. The van der Waals surface area contributed by atoms with Crippen molar-refractivity contribution in [1.29, 1.82) is 0 Å². The van der Waals surface area contributed by atoms with Crippen molar-refractivity contribution in [2.75, 3.05) is 28.4 Å². The Morgan fingerprint density at radius 1 is 0.938 bits per heavy atom. The number of methoxy groups -OCH3 is 4. The van der Waals surface area contributed by atoms with Crippen molar-refractivity contribution < 1.29 is 28.3 Å². The summed E-state index contributed by atoms with van der Waals surface area (Å²) in [6.07, 6.45) is 1.42. The lowest BCUT2D eigenvalue weighted by atomic mass is 10.1. The molecule has 9 heteroatoms. The molecule has 170 valence electrons. The van der Waals surface area contributed by atoms with Crippen LogP contribution in [0.5, 0.6) is 23.0 Å².